The lowest BCUT2D eigenvalue weighted by Gasteiger charge is -2.00. The van der Waals surface area contributed by atoms with Gasteiger partial charge in [0.05, 0.1) is 0 Å². The first-order valence-corrected chi connectivity index (χ1v) is 7.06. The van der Waals surface area contributed by atoms with Crippen molar-refractivity contribution in [1.82, 2.24) is 4.98 Å². The van der Waals surface area contributed by atoms with E-state index in [2.05, 4.69) is 22.5 Å². The number of anilines is 2. The third-order valence-corrected chi connectivity index (χ3v) is 2.96. The quantitative estimate of drug-likeness (QED) is 0.799. The highest BCUT2D eigenvalue weighted by atomic mass is 16.4. The van der Waals surface area contributed by atoms with Crippen molar-refractivity contribution in [2.24, 2.45) is 0 Å². The molecule has 0 aliphatic heterocycles. The summed E-state index contributed by atoms with van der Waals surface area (Å²) in [5.74, 6) is -0.254. The molecule has 21 heavy (non-hydrogen) atoms. The summed E-state index contributed by atoms with van der Waals surface area (Å²) < 4.78 is 5.47. The fourth-order valence-electron chi connectivity index (χ4n) is 1.98. The molecule has 2 rings (SSSR count). The molecule has 0 aliphatic rings. The van der Waals surface area contributed by atoms with Crippen LogP contribution in [0, 0.1) is 0 Å². The van der Waals surface area contributed by atoms with Crippen molar-refractivity contribution in [2.45, 2.75) is 39.5 Å². The fourth-order valence-corrected chi connectivity index (χ4v) is 1.98. The Hall–Kier alpha value is -2.37. The highest BCUT2D eigenvalue weighted by Gasteiger charge is 2.10. The number of rotatable bonds is 6. The van der Waals surface area contributed by atoms with E-state index in [1.54, 1.807) is 18.2 Å². The van der Waals surface area contributed by atoms with Gasteiger partial charge in [0.2, 0.25) is 11.8 Å². The maximum atomic E-state index is 11.7. The summed E-state index contributed by atoms with van der Waals surface area (Å²) >= 11 is 0. The summed E-state index contributed by atoms with van der Waals surface area (Å²) in [5, 5.41) is 5.31. The Bertz CT molecular complexity index is 649. The second-order valence-electron chi connectivity index (χ2n) is 4.89. The van der Waals surface area contributed by atoms with E-state index in [1.165, 1.54) is 6.92 Å². The molecular formula is C15H19N3O3. The molecule has 1 heterocycles. The average molecular weight is 289 g/mol. The molecule has 0 unspecified atom stereocenters. The number of hydrogen-bond acceptors (Lipinski definition) is 4. The molecule has 6 heteroatoms. The summed E-state index contributed by atoms with van der Waals surface area (Å²) in [4.78, 5) is 26.9. The number of oxazole rings is 1. The summed E-state index contributed by atoms with van der Waals surface area (Å²) in [7, 11) is 0. The third-order valence-electron chi connectivity index (χ3n) is 2.96. The van der Waals surface area contributed by atoms with Crippen LogP contribution in [-0.4, -0.2) is 16.8 Å². The van der Waals surface area contributed by atoms with Crippen LogP contribution < -0.4 is 10.6 Å². The van der Waals surface area contributed by atoms with Gasteiger partial charge in [0.1, 0.15) is 5.52 Å². The number of nitrogens with zero attached hydrogens (tertiary/aromatic N) is 1. The maximum absolute atomic E-state index is 11.7. The molecule has 0 saturated carbocycles. The standard InChI is InChI=1S/C15H19N3O3/c1-3-4-5-6-14(20)18-15-17-12-8-7-11(16-10(2)19)9-13(12)21-15/h7-9H,3-6H2,1-2H3,(H,16,19)(H,17,18,20). The van der Waals surface area contributed by atoms with Crippen LogP contribution in [0.1, 0.15) is 39.5 Å². The van der Waals surface area contributed by atoms with E-state index in [9.17, 15) is 9.59 Å². The first-order chi connectivity index (χ1) is 10.1. The Kier molecular flexibility index (Phi) is 4.92. The largest absolute Gasteiger partial charge is 0.423 e. The van der Waals surface area contributed by atoms with Crippen molar-refractivity contribution in [3.05, 3.63) is 18.2 Å². The molecule has 0 radical (unpaired) electrons. The van der Waals surface area contributed by atoms with Gasteiger partial charge in [-0.05, 0) is 18.6 Å². The molecular weight excluding hydrogens is 270 g/mol. The van der Waals surface area contributed by atoms with Crippen molar-refractivity contribution in [1.29, 1.82) is 0 Å². The van der Waals surface area contributed by atoms with Crippen LogP contribution in [0.5, 0.6) is 0 Å². The number of nitrogens with one attached hydrogen (secondary N) is 2. The van der Waals surface area contributed by atoms with E-state index in [1.807, 2.05) is 0 Å². The van der Waals surface area contributed by atoms with Gasteiger partial charge in [0.25, 0.3) is 0 Å². The van der Waals surface area contributed by atoms with E-state index < -0.39 is 0 Å². The Morgan fingerprint density at radius 1 is 1.24 bits per heavy atom. The predicted molar refractivity (Wildman–Crippen MR) is 81.1 cm³/mol. The third kappa shape index (κ3) is 4.30. The predicted octanol–water partition coefficient (Wildman–Crippen LogP) is 3.31. The number of hydrogen-bond donors (Lipinski definition) is 2. The van der Waals surface area contributed by atoms with Gasteiger partial charge in [-0.1, -0.05) is 19.8 Å². The van der Waals surface area contributed by atoms with E-state index in [4.69, 9.17) is 4.42 Å². The highest BCUT2D eigenvalue weighted by molar-refractivity contribution is 5.92. The molecule has 0 saturated heterocycles. The monoisotopic (exact) mass is 289 g/mol. The van der Waals surface area contributed by atoms with Crippen LogP contribution in [0.4, 0.5) is 11.7 Å². The van der Waals surface area contributed by atoms with Crippen molar-refractivity contribution in [3.63, 3.8) is 0 Å². The first kappa shape index (κ1) is 15.0. The minimum Gasteiger partial charge on any atom is -0.423 e. The van der Waals surface area contributed by atoms with E-state index in [-0.39, 0.29) is 17.8 Å². The second-order valence-corrected chi connectivity index (χ2v) is 4.89. The van der Waals surface area contributed by atoms with Crippen LogP contribution in [0.3, 0.4) is 0 Å². The number of aromatic nitrogens is 1. The molecule has 6 nitrogen and oxygen atoms in total. The van der Waals surface area contributed by atoms with Crippen molar-refractivity contribution < 1.29 is 14.0 Å². The zero-order valence-electron chi connectivity index (χ0n) is 12.2. The number of unbranched alkanes of at least 4 members (excludes halogenated alkanes) is 2. The van der Waals surface area contributed by atoms with Gasteiger partial charge in [-0.25, -0.2) is 0 Å². The van der Waals surface area contributed by atoms with Gasteiger partial charge in [-0.2, -0.15) is 4.98 Å². The van der Waals surface area contributed by atoms with Crippen LogP contribution in [-0.2, 0) is 9.59 Å². The minimum atomic E-state index is -0.154. The summed E-state index contributed by atoms with van der Waals surface area (Å²) in [6, 6.07) is 5.33. The molecule has 0 bridgehead atoms. The highest BCUT2D eigenvalue weighted by Crippen LogP contribution is 2.22. The lowest BCUT2D eigenvalue weighted by atomic mass is 10.2. The van der Waals surface area contributed by atoms with Crippen LogP contribution in [0.15, 0.2) is 22.6 Å². The zero-order chi connectivity index (χ0) is 15.2. The average Bonchev–Trinajstić information content (AvgIpc) is 2.79. The van der Waals surface area contributed by atoms with Crippen LogP contribution in [0.2, 0.25) is 0 Å². The van der Waals surface area contributed by atoms with Crippen LogP contribution >= 0.6 is 0 Å². The molecule has 1 aromatic heterocycles. The Morgan fingerprint density at radius 2 is 2.05 bits per heavy atom. The molecule has 1 aromatic carbocycles. The topological polar surface area (TPSA) is 84.2 Å². The second kappa shape index (κ2) is 6.88. The van der Waals surface area contributed by atoms with Gasteiger partial charge < -0.3 is 9.73 Å². The Morgan fingerprint density at radius 3 is 2.76 bits per heavy atom. The summed E-state index contributed by atoms with van der Waals surface area (Å²) in [5.41, 5.74) is 1.78. The summed E-state index contributed by atoms with van der Waals surface area (Å²) in [6.45, 7) is 3.53. The van der Waals surface area contributed by atoms with Crippen LogP contribution in [0.25, 0.3) is 11.1 Å². The molecule has 0 fully saturated rings. The number of carbonyl (C=O) groups excluding carboxylic acids is 2. The lowest BCUT2D eigenvalue weighted by Crippen LogP contribution is -2.11. The maximum Gasteiger partial charge on any atom is 0.302 e. The first-order valence-electron chi connectivity index (χ1n) is 7.06. The lowest BCUT2D eigenvalue weighted by molar-refractivity contribution is -0.116. The number of fused-ring (bicyclic) bond motifs is 1. The van der Waals surface area contributed by atoms with Crippen molar-refractivity contribution in [2.75, 3.05) is 10.6 Å². The molecule has 112 valence electrons. The summed E-state index contributed by atoms with van der Waals surface area (Å²) in [6.07, 6.45) is 3.42. The molecule has 2 aromatic rings. The number of benzene rings is 1. The SMILES string of the molecule is CCCCCC(=O)Nc1nc2ccc(NC(C)=O)cc2o1. The van der Waals surface area contributed by atoms with Gasteiger partial charge in [-0.3, -0.25) is 14.9 Å². The zero-order valence-corrected chi connectivity index (χ0v) is 12.2. The van der Waals surface area contributed by atoms with Gasteiger partial charge in [-0.15, -0.1) is 0 Å². The van der Waals surface area contributed by atoms with Gasteiger partial charge >= 0.3 is 6.01 Å². The van der Waals surface area contributed by atoms with Gasteiger partial charge in [0.15, 0.2) is 5.58 Å². The minimum absolute atomic E-state index is 0.0999. The molecule has 2 amide bonds. The van der Waals surface area contributed by atoms with E-state index in [0.29, 0.717) is 23.2 Å². The molecule has 0 spiro atoms. The van der Waals surface area contributed by atoms with E-state index >= 15 is 0 Å². The number of carbonyl (C=O) groups is 2. The van der Waals surface area contributed by atoms with E-state index in [0.717, 1.165) is 19.3 Å². The van der Waals surface area contributed by atoms with Gasteiger partial charge in [0, 0.05) is 25.1 Å². The molecule has 0 aliphatic carbocycles. The van der Waals surface area contributed by atoms with Crippen molar-refractivity contribution >= 4 is 34.6 Å². The van der Waals surface area contributed by atoms with Crippen molar-refractivity contribution in [3.8, 4) is 0 Å². The number of amides is 2. The fraction of sp³-hybridized carbons (Fsp3) is 0.400. The Labute approximate surface area is 122 Å². The smallest absolute Gasteiger partial charge is 0.302 e. The Balaban J connectivity index is 2.04. The molecule has 2 N–H and O–H groups in total. The molecule has 0 atom stereocenters. The normalized spacial score (nSPS) is 10.6.